The van der Waals surface area contributed by atoms with Crippen LogP contribution in [0.25, 0.3) is 10.2 Å². The first kappa shape index (κ1) is 10.2. The molecule has 1 aromatic carbocycles. The molecule has 0 aliphatic rings. The van der Waals surface area contributed by atoms with Gasteiger partial charge in [-0.05, 0) is 18.2 Å². The van der Waals surface area contributed by atoms with Crippen molar-refractivity contribution >= 4 is 27.2 Å². The van der Waals surface area contributed by atoms with E-state index in [0.29, 0.717) is 18.4 Å². The average Bonchev–Trinajstić information content (AvgIpc) is 2.60. The predicted molar refractivity (Wildman–Crippen MR) is 61.4 cm³/mol. The number of aromatic nitrogens is 1. The van der Waals surface area contributed by atoms with E-state index in [0.717, 1.165) is 15.9 Å². The van der Waals surface area contributed by atoms with Crippen LogP contribution >= 0.6 is 11.3 Å². The molecule has 0 saturated heterocycles. The van der Waals surface area contributed by atoms with Crippen LogP contribution in [0, 0.1) is 0 Å². The van der Waals surface area contributed by atoms with E-state index in [2.05, 4.69) is 4.98 Å². The summed E-state index contributed by atoms with van der Waals surface area (Å²) in [6.45, 7) is 1.09. The zero-order valence-corrected chi connectivity index (χ0v) is 9.21. The maximum Gasteiger partial charge on any atom is 0.274 e. The Bertz CT molecular complexity index is 456. The fraction of sp³-hybridized carbons (Fsp3) is 0.300. The van der Waals surface area contributed by atoms with Gasteiger partial charge in [0.15, 0.2) is 0 Å². The van der Waals surface area contributed by atoms with Gasteiger partial charge in [0.05, 0.1) is 16.8 Å². The molecule has 0 amide bonds. The molecule has 1 heterocycles. The van der Waals surface area contributed by atoms with E-state index in [1.807, 2.05) is 18.2 Å². The summed E-state index contributed by atoms with van der Waals surface area (Å²) in [7, 11) is 1.64. The molecule has 0 unspecified atom stereocenters. The highest BCUT2D eigenvalue weighted by Crippen LogP contribution is 2.28. The maximum atomic E-state index is 5.67. The normalized spacial score (nSPS) is 10.7. The van der Waals surface area contributed by atoms with Gasteiger partial charge in [-0.25, -0.2) is 4.98 Å². The number of benzene rings is 1. The molecule has 4 nitrogen and oxygen atoms in total. The fourth-order valence-electron chi connectivity index (χ4n) is 1.19. The topological polar surface area (TPSA) is 57.4 Å². The van der Waals surface area contributed by atoms with Crippen molar-refractivity contribution in [1.29, 1.82) is 0 Å². The molecule has 0 fully saturated rings. The average molecular weight is 224 g/mol. The number of fused-ring (bicyclic) bond motifs is 1. The number of anilines is 1. The van der Waals surface area contributed by atoms with E-state index in [1.165, 1.54) is 11.3 Å². The highest BCUT2D eigenvalue weighted by atomic mass is 32.1. The summed E-state index contributed by atoms with van der Waals surface area (Å²) < 4.78 is 11.3. The summed E-state index contributed by atoms with van der Waals surface area (Å²) in [6, 6.07) is 5.63. The maximum absolute atomic E-state index is 5.67. The van der Waals surface area contributed by atoms with Gasteiger partial charge in [-0.3, -0.25) is 0 Å². The number of hydrogen-bond acceptors (Lipinski definition) is 5. The van der Waals surface area contributed by atoms with Gasteiger partial charge in [0, 0.05) is 12.8 Å². The Labute approximate surface area is 91.6 Å². The molecule has 0 saturated carbocycles. The molecule has 0 atom stereocenters. The lowest BCUT2D eigenvalue weighted by Crippen LogP contribution is -2.03. The molecule has 0 radical (unpaired) electrons. The molecule has 2 rings (SSSR count). The number of hydrogen-bond donors (Lipinski definition) is 1. The third kappa shape index (κ3) is 2.37. The first-order valence-corrected chi connectivity index (χ1v) is 5.39. The number of thiazole rings is 1. The number of nitrogen functional groups attached to an aromatic ring is 1. The summed E-state index contributed by atoms with van der Waals surface area (Å²) in [5, 5.41) is 0.660. The number of nitrogens with zero attached hydrogens (tertiary/aromatic N) is 1. The highest BCUT2D eigenvalue weighted by Gasteiger charge is 2.04. The summed E-state index contributed by atoms with van der Waals surface area (Å²) >= 11 is 1.49. The molecular formula is C10H12N2O2S. The van der Waals surface area contributed by atoms with Crippen LogP contribution in [0.15, 0.2) is 18.2 Å². The Morgan fingerprint density at radius 3 is 3.07 bits per heavy atom. The zero-order chi connectivity index (χ0) is 10.7. The van der Waals surface area contributed by atoms with E-state index < -0.39 is 0 Å². The lowest BCUT2D eigenvalue weighted by molar-refractivity contribution is 0.146. The second-order valence-corrected chi connectivity index (χ2v) is 4.04. The largest absolute Gasteiger partial charge is 0.468 e. The smallest absolute Gasteiger partial charge is 0.274 e. The Balaban J connectivity index is 2.16. The number of methoxy groups -OCH3 is 1. The van der Waals surface area contributed by atoms with Crippen molar-refractivity contribution < 1.29 is 9.47 Å². The van der Waals surface area contributed by atoms with E-state index in [-0.39, 0.29) is 0 Å². The monoisotopic (exact) mass is 224 g/mol. The molecule has 0 aliphatic heterocycles. The van der Waals surface area contributed by atoms with Gasteiger partial charge in [0.1, 0.15) is 6.61 Å². The van der Waals surface area contributed by atoms with E-state index in [1.54, 1.807) is 7.11 Å². The van der Waals surface area contributed by atoms with Crippen molar-refractivity contribution in [3.63, 3.8) is 0 Å². The van der Waals surface area contributed by atoms with E-state index in [9.17, 15) is 0 Å². The molecular weight excluding hydrogens is 212 g/mol. The summed E-state index contributed by atoms with van der Waals surface area (Å²) in [4.78, 5) is 4.31. The Hall–Kier alpha value is -1.33. The van der Waals surface area contributed by atoms with Crippen molar-refractivity contribution in [3.05, 3.63) is 18.2 Å². The fourth-order valence-corrected chi connectivity index (χ4v) is 2.08. The Morgan fingerprint density at radius 1 is 1.40 bits per heavy atom. The van der Waals surface area contributed by atoms with Gasteiger partial charge in [0.2, 0.25) is 0 Å². The molecule has 15 heavy (non-hydrogen) atoms. The van der Waals surface area contributed by atoms with Crippen molar-refractivity contribution in [1.82, 2.24) is 4.98 Å². The van der Waals surface area contributed by atoms with Gasteiger partial charge >= 0.3 is 0 Å². The van der Waals surface area contributed by atoms with Crippen molar-refractivity contribution in [2.45, 2.75) is 0 Å². The number of ether oxygens (including phenoxy) is 2. The van der Waals surface area contributed by atoms with Gasteiger partial charge in [0.25, 0.3) is 5.19 Å². The minimum absolute atomic E-state index is 0.520. The van der Waals surface area contributed by atoms with Crippen LogP contribution < -0.4 is 10.5 Å². The summed E-state index contributed by atoms with van der Waals surface area (Å²) in [5.74, 6) is 0. The van der Waals surface area contributed by atoms with Crippen LogP contribution in [0.1, 0.15) is 0 Å². The van der Waals surface area contributed by atoms with Crippen molar-refractivity contribution in [2.24, 2.45) is 0 Å². The van der Waals surface area contributed by atoms with Gasteiger partial charge in [-0.2, -0.15) is 0 Å². The molecule has 2 aromatic rings. The van der Waals surface area contributed by atoms with Crippen LogP contribution in [0.5, 0.6) is 5.19 Å². The standard InChI is InChI=1S/C10H12N2O2S/c1-13-4-5-14-10-12-8-3-2-7(11)6-9(8)15-10/h2-3,6H,4-5,11H2,1H3. The second-order valence-electron chi connectivity index (χ2n) is 3.05. The zero-order valence-electron chi connectivity index (χ0n) is 8.40. The second kappa shape index (κ2) is 4.46. The lowest BCUT2D eigenvalue weighted by Gasteiger charge is -1.98. The molecule has 0 bridgehead atoms. The first-order chi connectivity index (χ1) is 7.29. The third-order valence-corrected chi connectivity index (χ3v) is 2.84. The van der Waals surface area contributed by atoms with Crippen LogP contribution in [-0.4, -0.2) is 25.3 Å². The minimum Gasteiger partial charge on any atom is -0.468 e. The molecule has 5 heteroatoms. The summed E-state index contributed by atoms with van der Waals surface area (Å²) in [5.41, 5.74) is 7.34. The summed E-state index contributed by atoms with van der Waals surface area (Å²) in [6.07, 6.45) is 0. The Kier molecular flexibility index (Phi) is 3.03. The quantitative estimate of drug-likeness (QED) is 0.636. The molecule has 0 spiro atoms. The molecule has 2 N–H and O–H groups in total. The van der Waals surface area contributed by atoms with Crippen LogP contribution in [0.2, 0.25) is 0 Å². The van der Waals surface area contributed by atoms with Gasteiger partial charge < -0.3 is 15.2 Å². The van der Waals surface area contributed by atoms with Crippen LogP contribution in [-0.2, 0) is 4.74 Å². The van der Waals surface area contributed by atoms with E-state index >= 15 is 0 Å². The molecule has 80 valence electrons. The van der Waals surface area contributed by atoms with Gasteiger partial charge in [-0.15, -0.1) is 0 Å². The number of rotatable bonds is 4. The SMILES string of the molecule is COCCOc1nc2ccc(N)cc2s1. The predicted octanol–water partition coefficient (Wildman–Crippen LogP) is 1.90. The van der Waals surface area contributed by atoms with E-state index in [4.69, 9.17) is 15.2 Å². The number of nitrogens with two attached hydrogens (primary N) is 1. The Morgan fingerprint density at radius 2 is 2.27 bits per heavy atom. The third-order valence-electron chi connectivity index (χ3n) is 1.91. The van der Waals surface area contributed by atoms with Crippen LogP contribution in [0.3, 0.4) is 0 Å². The van der Waals surface area contributed by atoms with Crippen molar-refractivity contribution in [3.8, 4) is 5.19 Å². The highest BCUT2D eigenvalue weighted by molar-refractivity contribution is 7.20. The molecule has 1 aromatic heterocycles. The minimum atomic E-state index is 0.520. The van der Waals surface area contributed by atoms with Crippen LogP contribution in [0.4, 0.5) is 5.69 Å². The van der Waals surface area contributed by atoms with Crippen molar-refractivity contribution in [2.75, 3.05) is 26.1 Å². The first-order valence-electron chi connectivity index (χ1n) is 4.57. The van der Waals surface area contributed by atoms with Gasteiger partial charge in [-0.1, -0.05) is 11.3 Å². The molecule has 0 aliphatic carbocycles. The lowest BCUT2D eigenvalue weighted by atomic mass is 10.3.